The van der Waals surface area contributed by atoms with Crippen molar-refractivity contribution in [2.75, 3.05) is 13.1 Å². The van der Waals surface area contributed by atoms with Crippen LogP contribution >= 0.6 is 24.0 Å². The second-order valence-corrected chi connectivity index (χ2v) is 5.42. The van der Waals surface area contributed by atoms with Gasteiger partial charge in [0.05, 0.1) is 12.2 Å². The molecule has 0 aliphatic carbocycles. The van der Waals surface area contributed by atoms with Crippen molar-refractivity contribution in [3.8, 4) is 0 Å². The Morgan fingerprint density at radius 2 is 2.20 bits per heavy atom. The van der Waals surface area contributed by atoms with Gasteiger partial charge in [0.25, 0.3) is 0 Å². The number of halogens is 1. The van der Waals surface area contributed by atoms with E-state index in [1.165, 1.54) is 12.8 Å². The Hall–Kier alpha value is -0.920. The van der Waals surface area contributed by atoms with Crippen LogP contribution in [-0.4, -0.2) is 33.9 Å². The van der Waals surface area contributed by atoms with E-state index < -0.39 is 0 Å². The number of likely N-dealkylation sites (tertiary alicyclic amines) is 1. The predicted molar refractivity (Wildman–Crippen MR) is 92.2 cm³/mol. The molecule has 1 atom stereocenters. The highest BCUT2D eigenvalue weighted by Crippen LogP contribution is 2.15. The lowest BCUT2D eigenvalue weighted by Crippen LogP contribution is -2.43. The number of guanidine groups is 1. The molecule has 1 fully saturated rings. The van der Waals surface area contributed by atoms with E-state index in [0.29, 0.717) is 18.4 Å². The van der Waals surface area contributed by atoms with E-state index in [2.05, 4.69) is 26.8 Å². The van der Waals surface area contributed by atoms with E-state index in [1.54, 1.807) is 0 Å². The maximum absolute atomic E-state index is 6.07. The van der Waals surface area contributed by atoms with Crippen LogP contribution in [-0.2, 0) is 6.54 Å². The molecule has 0 radical (unpaired) electrons. The van der Waals surface area contributed by atoms with Crippen molar-refractivity contribution >= 4 is 29.9 Å². The zero-order valence-electron chi connectivity index (χ0n) is 12.5. The summed E-state index contributed by atoms with van der Waals surface area (Å²) >= 11 is 0. The van der Waals surface area contributed by atoms with Gasteiger partial charge in [0.1, 0.15) is 5.82 Å². The molecule has 0 aromatic carbocycles. The first-order valence-electron chi connectivity index (χ1n) is 6.90. The molecule has 2 N–H and O–H groups in total. The molecule has 1 aromatic heterocycles. The van der Waals surface area contributed by atoms with Gasteiger partial charge in [0.15, 0.2) is 5.96 Å². The molecule has 2 heterocycles. The fraction of sp³-hybridized carbons (Fsp3) is 0.643. The van der Waals surface area contributed by atoms with Crippen LogP contribution in [0.5, 0.6) is 0 Å². The molecule has 1 aliphatic rings. The Kier molecular flexibility index (Phi) is 6.64. The number of piperidine rings is 1. The zero-order chi connectivity index (χ0) is 13.8. The van der Waals surface area contributed by atoms with Gasteiger partial charge >= 0.3 is 0 Å². The Bertz CT molecular complexity index is 454. The van der Waals surface area contributed by atoms with Gasteiger partial charge in [0, 0.05) is 18.8 Å². The van der Waals surface area contributed by atoms with Crippen LogP contribution in [0, 0.1) is 19.8 Å². The lowest BCUT2D eigenvalue weighted by Gasteiger charge is -2.31. The van der Waals surface area contributed by atoms with E-state index in [9.17, 15) is 0 Å². The molecule has 2 rings (SSSR count). The summed E-state index contributed by atoms with van der Waals surface area (Å²) < 4.78 is 0. The lowest BCUT2D eigenvalue weighted by atomic mass is 10.0. The number of nitrogens with zero attached hydrogens (tertiary/aromatic N) is 4. The molecule has 1 aromatic rings. The molecule has 0 bridgehead atoms. The standard InChI is InChI=1S/C14H23N5.HI/c1-10-5-4-6-19(9-10)14(15)16-8-13-7-11(2)17-12(3)18-13;/h7,10H,4-6,8-9H2,1-3H3,(H2,15,16);1H. The van der Waals surface area contributed by atoms with Gasteiger partial charge in [0.2, 0.25) is 0 Å². The SMILES string of the molecule is Cc1cc(CN=C(N)N2CCCC(C)C2)nc(C)n1.I. The second-order valence-electron chi connectivity index (χ2n) is 5.42. The summed E-state index contributed by atoms with van der Waals surface area (Å²) in [7, 11) is 0. The number of aliphatic imine (C=N–C) groups is 1. The monoisotopic (exact) mass is 389 g/mol. The summed E-state index contributed by atoms with van der Waals surface area (Å²) in [5.74, 6) is 2.13. The van der Waals surface area contributed by atoms with Crippen LogP contribution in [0.3, 0.4) is 0 Å². The third kappa shape index (κ3) is 4.88. The van der Waals surface area contributed by atoms with Gasteiger partial charge in [-0.15, -0.1) is 24.0 Å². The first-order chi connectivity index (χ1) is 9.04. The van der Waals surface area contributed by atoms with Crippen LogP contribution in [0.15, 0.2) is 11.1 Å². The third-order valence-electron chi connectivity index (χ3n) is 3.40. The molecule has 1 aliphatic heterocycles. The lowest BCUT2D eigenvalue weighted by molar-refractivity contribution is 0.270. The van der Waals surface area contributed by atoms with Gasteiger partial charge in [-0.05, 0) is 38.7 Å². The molecule has 0 amide bonds. The fourth-order valence-corrected chi connectivity index (χ4v) is 2.53. The number of nitrogens with two attached hydrogens (primary N) is 1. The van der Waals surface area contributed by atoms with Crippen LogP contribution in [0.25, 0.3) is 0 Å². The van der Waals surface area contributed by atoms with Gasteiger partial charge in [-0.2, -0.15) is 0 Å². The molecule has 6 heteroatoms. The van der Waals surface area contributed by atoms with Crippen LogP contribution in [0.2, 0.25) is 0 Å². The summed E-state index contributed by atoms with van der Waals surface area (Å²) in [6, 6.07) is 1.96. The van der Waals surface area contributed by atoms with E-state index in [4.69, 9.17) is 5.73 Å². The summed E-state index contributed by atoms with van der Waals surface area (Å²) in [4.78, 5) is 15.3. The van der Waals surface area contributed by atoms with E-state index in [-0.39, 0.29) is 24.0 Å². The molecule has 112 valence electrons. The smallest absolute Gasteiger partial charge is 0.191 e. The molecule has 0 saturated carbocycles. The third-order valence-corrected chi connectivity index (χ3v) is 3.40. The highest BCUT2D eigenvalue weighted by atomic mass is 127. The predicted octanol–water partition coefficient (Wildman–Crippen LogP) is 2.26. The van der Waals surface area contributed by atoms with Crippen molar-refractivity contribution < 1.29 is 0 Å². The van der Waals surface area contributed by atoms with Crippen molar-refractivity contribution in [3.05, 3.63) is 23.3 Å². The molecule has 0 spiro atoms. The highest BCUT2D eigenvalue weighted by molar-refractivity contribution is 14.0. The quantitative estimate of drug-likeness (QED) is 0.479. The van der Waals surface area contributed by atoms with Gasteiger partial charge in [-0.25, -0.2) is 15.0 Å². The summed E-state index contributed by atoms with van der Waals surface area (Å²) in [6.07, 6.45) is 2.48. The first-order valence-corrected chi connectivity index (χ1v) is 6.90. The van der Waals surface area contributed by atoms with Gasteiger partial charge in [-0.3, -0.25) is 0 Å². The number of aromatic nitrogens is 2. The van der Waals surface area contributed by atoms with Gasteiger partial charge < -0.3 is 10.6 Å². The van der Waals surface area contributed by atoms with Crippen molar-refractivity contribution in [1.82, 2.24) is 14.9 Å². The Morgan fingerprint density at radius 3 is 2.85 bits per heavy atom. The van der Waals surface area contributed by atoms with Crippen molar-refractivity contribution in [2.45, 2.75) is 40.2 Å². The number of rotatable bonds is 2. The summed E-state index contributed by atoms with van der Waals surface area (Å²) in [5, 5.41) is 0. The Balaban J connectivity index is 0.00000200. The van der Waals surface area contributed by atoms with E-state index in [1.807, 2.05) is 19.9 Å². The fourth-order valence-electron chi connectivity index (χ4n) is 2.53. The normalized spacial score (nSPS) is 19.6. The maximum Gasteiger partial charge on any atom is 0.191 e. The second kappa shape index (κ2) is 7.75. The van der Waals surface area contributed by atoms with Crippen LogP contribution in [0.1, 0.15) is 37.0 Å². The average molecular weight is 389 g/mol. The molecule has 1 unspecified atom stereocenters. The highest BCUT2D eigenvalue weighted by Gasteiger charge is 2.17. The minimum absolute atomic E-state index is 0. The molecular formula is C14H24IN5. The summed E-state index contributed by atoms with van der Waals surface area (Å²) in [5.41, 5.74) is 7.97. The molecule has 20 heavy (non-hydrogen) atoms. The average Bonchev–Trinajstić information content (AvgIpc) is 2.35. The minimum atomic E-state index is 0. The Labute approximate surface area is 138 Å². The topological polar surface area (TPSA) is 67.4 Å². The Morgan fingerprint density at radius 1 is 1.45 bits per heavy atom. The summed E-state index contributed by atoms with van der Waals surface area (Å²) in [6.45, 7) is 8.68. The number of hydrogen-bond donors (Lipinski definition) is 1. The van der Waals surface area contributed by atoms with Crippen molar-refractivity contribution in [3.63, 3.8) is 0 Å². The number of aryl methyl sites for hydroxylation is 2. The minimum Gasteiger partial charge on any atom is -0.370 e. The number of hydrogen-bond acceptors (Lipinski definition) is 3. The van der Waals surface area contributed by atoms with Crippen LogP contribution in [0.4, 0.5) is 0 Å². The molecule has 5 nitrogen and oxygen atoms in total. The van der Waals surface area contributed by atoms with Gasteiger partial charge in [-0.1, -0.05) is 6.92 Å². The molecular weight excluding hydrogens is 365 g/mol. The molecule has 1 saturated heterocycles. The largest absolute Gasteiger partial charge is 0.370 e. The van der Waals surface area contributed by atoms with Crippen LogP contribution < -0.4 is 5.73 Å². The van der Waals surface area contributed by atoms with Crippen molar-refractivity contribution in [1.29, 1.82) is 0 Å². The van der Waals surface area contributed by atoms with Crippen molar-refractivity contribution in [2.24, 2.45) is 16.6 Å². The zero-order valence-corrected chi connectivity index (χ0v) is 14.8. The van der Waals surface area contributed by atoms with E-state index >= 15 is 0 Å². The first kappa shape index (κ1) is 17.1. The maximum atomic E-state index is 6.07. The van der Waals surface area contributed by atoms with E-state index in [0.717, 1.165) is 30.3 Å².